The molecular formula is C9H20O4. The fraction of sp³-hybridized carbons (Fsp3) is 1.00. The molecule has 0 amide bonds. The Hall–Kier alpha value is -0.160. The summed E-state index contributed by atoms with van der Waals surface area (Å²) in [5.74, 6) is 0. The standard InChI is InChI=1S/C9H20O4/c1-3-8(12)9(13)5-7(11)4-6(2)10/h6-13H,3-5H2,1-2H3. The van der Waals surface area contributed by atoms with E-state index in [1.807, 2.05) is 0 Å². The second-order valence-electron chi connectivity index (χ2n) is 3.52. The van der Waals surface area contributed by atoms with E-state index in [0.29, 0.717) is 6.42 Å². The van der Waals surface area contributed by atoms with Crippen molar-refractivity contribution in [2.45, 2.75) is 57.5 Å². The Bertz CT molecular complexity index is 127. The molecule has 4 unspecified atom stereocenters. The van der Waals surface area contributed by atoms with Crippen molar-refractivity contribution in [1.82, 2.24) is 0 Å². The van der Waals surface area contributed by atoms with Crippen LogP contribution >= 0.6 is 0 Å². The van der Waals surface area contributed by atoms with Crippen molar-refractivity contribution in [3.8, 4) is 0 Å². The molecular weight excluding hydrogens is 172 g/mol. The van der Waals surface area contributed by atoms with E-state index < -0.39 is 24.4 Å². The van der Waals surface area contributed by atoms with Crippen LogP contribution in [0.5, 0.6) is 0 Å². The quantitative estimate of drug-likeness (QED) is 0.463. The van der Waals surface area contributed by atoms with E-state index in [1.165, 1.54) is 0 Å². The van der Waals surface area contributed by atoms with Crippen LogP contribution in [-0.2, 0) is 0 Å². The van der Waals surface area contributed by atoms with Gasteiger partial charge in [-0.2, -0.15) is 0 Å². The smallest absolute Gasteiger partial charge is 0.0823 e. The summed E-state index contributed by atoms with van der Waals surface area (Å²) in [6, 6.07) is 0. The van der Waals surface area contributed by atoms with Gasteiger partial charge >= 0.3 is 0 Å². The molecule has 4 heteroatoms. The van der Waals surface area contributed by atoms with Crippen molar-refractivity contribution in [3.05, 3.63) is 0 Å². The van der Waals surface area contributed by atoms with Gasteiger partial charge in [0.2, 0.25) is 0 Å². The van der Waals surface area contributed by atoms with E-state index >= 15 is 0 Å². The molecule has 0 bridgehead atoms. The van der Waals surface area contributed by atoms with Gasteiger partial charge in [0, 0.05) is 6.42 Å². The minimum Gasteiger partial charge on any atom is -0.393 e. The Labute approximate surface area is 78.8 Å². The van der Waals surface area contributed by atoms with Gasteiger partial charge in [-0.3, -0.25) is 0 Å². The molecule has 13 heavy (non-hydrogen) atoms. The molecule has 0 saturated carbocycles. The molecule has 0 aromatic rings. The Balaban J connectivity index is 3.70. The highest BCUT2D eigenvalue weighted by Crippen LogP contribution is 2.09. The third kappa shape index (κ3) is 5.99. The summed E-state index contributed by atoms with van der Waals surface area (Å²) in [5.41, 5.74) is 0. The topological polar surface area (TPSA) is 80.9 Å². The van der Waals surface area contributed by atoms with Crippen LogP contribution in [0.4, 0.5) is 0 Å². The van der Waals surface area contributed by atoms with Crippen LogP contribution in [0.3, 0.4) is 0 Å². The largest absolute Gasteiger partial charge is 0.393 e. The lowest BCUT2D eigenvalue weighted by molar-refractivity contribution is -0.0219. The molecule has 0 heterocycles. The molecule has 0 radical (unpaired) electrons. The van der Waals surface area contributed by atoms with Crippen LogP contribution in [0.1, 0.15) is 33.1 Å². The molecule has 0 saturated heterocycles. The van der Waals surface area contributed by atoms with Crippen LogP contribution < -0.4 is 0 Å². The second kappa shape index (κ2) is 6.32. The number of hydrogen-bond donors (Lipinski definition) is 4. The molecule has 0 aliphatic carbocycles. The molecule has 0 aliphatic heterocycles. The molecule has 0 aromatic heterocycles. The average molecular weight is 192 g/mol. The highest BCUT2D eigenvalue weighted by molar-refractivity contribution is 4.71. The summed E-state index contributed by atoms with van der Waals surface area (Å²) in [4.78, 5) is 0. The minimum absolute atomic E-state index is 0.111. The van der Waals surface area contributed by atoms with Crippen molar-refractivity contribution in [2.75, 3.05) is 0 Å². The lowest BCUT2D eigenvalue weighted by atomic mass is 10.0. The minimum atomic E-state index is -0.904. The van der Waals surface area contributed by atoms with Crippen LogP contribution in [0.25, 0.3) is 0 Å². The Kier molecular flexibility index (Phi) is 6.24. The molecule has 0 aliphatic rings. The summed E-state index contributed by atoms with van der Waals surface area (Å²) in [7, 11) is 0. The first-order valence-electron chi connectivity index (χ1n) is 4.69. The number of hydrogen-bond acceptors (Lipinski definition) is 4. The molecule has 0 aromatic carbocycles. The predicted molar refractivity (Wildman–Crippen MR) is 49.2 cm³/mol. The first-order valence-corrected chi connectivity index (χ1v) is 4.69. The maximum Gasteiger partial charge on any atom is 0.0823 e. The van der Waals surface area contributed by atoms with E-state index in [9.17, 15) is 15.3 Å². The zero-order valence-corrected chi connectivity index (χ0v) is 8.22. The zero-order chi connectivity index (χ0) is 10.4. The molecule has 0 rings (SSSR count). The van der Waals surface area contributed by atoms with Gasteiger partial charge in [0.1, 0.15) is 0 Å². The van der Waals surface area contributed by atoms with Gasteiger partial charge < -0.3 is 20.4 Å². The van der Waals surface area contributed by atoms with Gasteiger partial charge in [0.15, 0.2) is 0 Å². The maximum absolute atomic E-state index is 9.31. The van der Waals surface area contributed by atoms with Crippen molar-refractivity contribution >= 4 is 0 Å². The normalized spacial score (nSPS) is 20.8. The van der Waals surface area contributed by atoms with Crippen molar-refractivity contribution < 1.29 is 20.4 Å². The fourth-order valence-corrected chi connectivity index (χ4v) is 1.20. The van der Waals surface area contributed by atoms with Gasteiger partial charge in [-0.25, -0.2) is 0 Å². The van der Waals surface area contributed by atoms with Crippen LogP contribution in [0.15, 0.2) is 0 Å². The summed E-state index contributed by atoms with van der Waals surface area (Å²) in [5, 5.41) is 36.7. The number of rotatable bonds is 6. The number of aliphatic hydroxyl groups excluding tert-OH is 4. The molecule has 80 valence electrons. The van der Waals surface area contributed by atoms with Crippen molar-refractivity contribution in [1.29, 1.82) is 0 Å². The second-order valence-corrected chi connectivity index (χ2v) is 3.52. The average Bonchev–Trinajstić information content (AvgIpc) is 2.01. The van der Waals surface area contributed by atoms with Crippen molar-refractivity contribution in [2.24, 2.45) is 0 Å². The molecule has 4 atom stereocenters. The van der Waals surface area contributed by atoms with E-state index in [4.69, 9.17) is 5.11 Å². The third-order valence-corrected chi connectivity index (χ3v) is 1.99. The highest BCUT2D eigenvalue weighted by Gasteiger charge is 2.19. The summed E-state index contributed by atoms with van der Waals surface area (Å²) < 4.78 is 0. The van der Waals surface area contributed by atoms with Gasteiger partial charge in [0.05, 0.1) is 24.4 Å². The molecule has 0 fully saturated rings. The highest BCUT2D eigenvalue weighted by atomic mass is 16.3. The van der Waals surface area contributed by atoms with Crippen LogP contribution in [-0.4, -0.2) is 44.8 Å². The lowest BCUT2D eigenvalue weighted by Crippen LogP contribution is -2.30. The van der Waals surface area contributed by atoms with Gasteiger partial charge in [-0.05, 0) is 19.8 Å². The van der Waals surface area contributed by atoms with Crippen LogP contribution in [0.2, 0.25) is 0 Å². The van der Waals surface area contributed by atoms with E-state index in [1.54, 1.807) is 13.8 Å². The molecule has 0 spiro atoms. The van der Waals surface area contributed by atoms with E-state index in [2.05, 4.69) is 0 Å². The summed E-state index contributed by atoms with van der Waals surface area (Å²) in [6.07, 6.45) is -2.23. The Morgan fingerprint density at radius 1 is 0.923 bits per heavy atom. The summed E-state index contributed by atoms with van der Waals surface area (Å²) in [6.45, 7) is 3.33. The lowest BCUT2D eigenvalue weighted by Gasteiger charge is -2.20. The fourth-order valence-electron chi connectivity index (χ4n) is 1.20. The third-order valence-electron chi connectivity index (χ3n) is 1.99. The van der Waals surface area contributed by atoms with E-state index in [-0.39, 0.29) is 12.8 Å². The van der Waals surface area contributed by atoms with Gasteiger partial charge in [-0.15, -0.1) is 0 Å². The summed E-state index contributed by atoms with van der Waals surface area (Å²) >= 11 is 0. The first kappa shape index (κ1) is 12.8. The SMILES string of the molecule is CCC(O)C(O)CC(O)CC(C)O. The van der Waals surface area contributed by atoms with E-state index in [0.717, 1.165) is 0 Å². The Morgan fingerprint density at radius 3 is 1.85 bits per heavy atom. The molecule has 4 nitrogen and oxygen atoms in total. The van der Waals surface area contributed by atoms with Gasteiger partial charge in [0.25, 0.3) is 0 Å². The number of aliphatic hydroxyl groups is 4. The van der Waals surface area contributed by atoms with Crippen molar-refractivity contribution in [3.63, 3.8) is 0 Å². The van der Waals surface area contributed by atoms with Gasteiger partial charge in [-0.1, -0.05) is 6.92 Å². The molecule has 4 N–H and O–H groups in total. The van der Waals surface area contributed by atoms with Crippen LogP contribution in [0, 0.1) is 0 Å². The Morgan fingerprint density at radius 2 is 1.46 bits per heavy atom. The zero-order valence-electron chi connectivity index (χ0n) is 8.22. The predicted octanol–water partition coefficient (Wildman–Crippen LogP) is -0.360. The monoisotopic (exact) mass is 192 g/mol. The maximum atomic E-state index is 9.31. The first-order chi connectivity index (χ1) is 5.97.